The third-order valence-electron chi connectivity index (χ3n) is 5.40. The Morgan fingerprint density at radius 2 is 1.64 bits per heavy atom. The van der Waals surface area contributed by atoms with Crippen molar-refractivity contribution in [1.29, 1.82) is 0 Å². The number of nitrogens with one attached hydrogen (secondary N) is 1. The van der Waals surface area contributed by atoms with E-state index in [1.165, 1.54) is 0 Å². The Morgan fingerprint density at radius 3 is 2.20 bits per heavy atom. The monoisotopic (exact) mass is 344 g/mol. The van der Waals surface area contributed by atoms with Crippen molar-refractivity contribution in [3.05, 3.63) is 29.3 Å². The normalized spacial score (nSPS) is 20.2. The van der Waals surface area contributed by atoms with Gasteiger partial charge in [-0.05, 0) is 57.1 Å². The topological polar surface area (TPSA) is 49.4 Å². The zero-order chi connectivity index (χ0) is 18.4. The van der Waals surface area contributed by atoms with Gasteiger partial charge in [0.05, 0.1) is 0 Å². The molecule has 1 aliphatic carbocycles. The number of para-hydroxylation sites is 1. The van der Waals surface area contributed by atoms with Crippen LogP contribution in [0.3, 0.4) is 0 Å². The molecule has 2 rings (SSSR count). The van der Waals surface area contributed by atoms with Crippen molar-refractivity contribution in [2.75, 3.05) is 18.9 Å². The number of benzene rings is 1. The van der Waals surface area contributed by atoms with Crippen molar-refractivity contribution < 1.29 is 9.59 Å². The van der Waals surface area contributed by atoms with Gasteiger partial charge < -0.3 is 10.2 Å². The van der Waals surface area contributed by atoms with E-state index in [4.69, 9.17) is 0 Å². The quantitative estimate of drug-likeness (QED) is 0.836. The Morgan fingerprint density at radius 1 is 1.08 bits per heavy atom. The second-order valence-corrected chi connectivity index (χ2v) is 7.42. The molecular formula is C21H32N2O2. The molecule has 138 valence electrons. The highest BCUT2D eigenvalue weighted by Gasteiger charge is 2.31. The molecule has 1 saturated carbocycles. The largest absolute Gasteiger partial charge is 0.346 e. The molecule has 1 N–H and O–H groups in total. The molecule has 0 heterocycles. The fourth-order valence-corrected chi connectivity index (χ4v) is 3.66. The lowest BCUT2D eigenvalue weighted by atomic mass is 9.81. The Hall–Kier alpha value is -1.84. The maximum atomic E-state index is 12.6. The number of unbranched alkanes of at least 4 members (excludes halogenated alkanes) is 1. The van der Waals surface area contributed by atoms with Gasteiger partial charge >= 0.3 is 0 Å². The van der Waals surface area contributed by atoms with E-state index >= 15 is 0 Å². The highest BCUT2D eigenvalue weighted by Crippen LogP contribution is 2.31. The van der Waals surface area contributed by atoms with Crippen molar-refractivity contribution in [3.8, 4) is 0 Å². The van der Waals surface area contributed by atoms with Crippen molar-refractivity contribution in [3.63, 3.8) is 0 Å². The van der Waals surface area contributed by atoms with Crippen molar-refractivity contribution in [2.45, 2.75) is 59.3 Å². The number of carbonyl (C=O) groups excluding carboxylic acids is 2. The summed E-state index contributed by atoms with van der Waals surface area (Å²) < 4.78 is 0. The smallest absolute Gasteiger partial charge is 0.227 e. The first-order valence-corrected chi connectivity index (χ1v) is 9.56. The minimum absolute atomic E-state index is 0.0176. The van der Waals surface area contributed by atoms with Crippen LogP contribution in [0.25, 0.3) is 0 Å². The predicted molar refractivity (Wildman–Crippen MR) is 103 cm³/mol. The summed E-state index contributed by atoms with van der Waals surface area (Å²) in [6.07, 6.45) is 5.39. The summed E-state index contributed by atoms with van der Waals surface area (Å²) in [7, 11) is 1.90. The van der Waals surface area contributed by atoms with Crippen LogP contribution in [-0.2, 0) is 9.59 Å². The fourth-order valence-electron chi connectivity index (χ4n) is 3.66. The molecule has 0 atom stereocenters. The molecule has 0 spiro atoms. The highest BCUT2D eigenvalue weighted by molar-refractivity contribution is 5.94. The van der Waals surface area contributed by atoms with Gasteiger partial charge in [-0.2, -0.15) is 0 Å². The Kier molecular flexibility index (Phi) is 7.03. The Bertz CT molecular complexity index is 584. The zero-order valence-corrected chi connectivity index (χ0v) is 16.1. The van der Waals surface area contributed by atoms with Crippen LogP contribution in [0.1, 0.15) is 56.6 Å². The average molecular weight is 344 g/mol. The Labute approximate surface area is 152 Å². The van der Waals surface area contributed by atoms with Crippen molar-refractivity contribution in [1.82, 2.24) is 4.90 Å². The van der Waals surface area contributed by atoms with Crippen LogP contribution >= 0.6 is 0 Å². The molecule has 25 heavy (non-hydrogen) atoms. The van der Waals surface area contributed by atoms with Gasteiger partial charge in [-0.1, -0.05) is 31.5 Å². The SMILES string of the molecule is CCCCN(C)C(=O)C1CCC(C(=O)Nc2c(C)cccc2C)CC1. The molecule has 0 aromatic heterocycles. The molecule has 0 bridgehead atoms. The van der Waals surface area contributed by atoms with Gasteiger partial charge in [0.1, 0.15) is 0 Å². The number of aryl methyl sites for hydroxylation is 2. The first-order chi connectivity index (χ1) is 11.9. The summed E-state index contributed by atoms with van der Waals surface area (Å²) in [6, 6.07) is 6.04. The first-order valence-electron chi connectivity index (χ1n) is 9.56. The summed E-state index contributed by atoms with van der Waals surface area (Å²) in [5.41, 5.74) is 3.12. The molecule has 1 aromatic carbocycles. The number of amides is 2. The number of nitrogens with zero attached hydrogens (tertiary/aromatic N) is 1. The van der Waals surface area contributed by atoms with Gasteiger partial charge in [-0.3, -0.25) is 9.59 Å². The lowest BCUT2D eigenvalue weighted by Crippen LogP contribution is -2.37. The molecule has 4 heteroatoms. The van der Waals surface area contributed by atoms with E-state index in [2.05, 4.69) is 12.2 Å². The lowest BCUT2D eigenvalue weighted by molar-refractivity contribution is -0.136. The van der Waals surface area contributed by atoms with Gasteiger partial charge in [-0.25, -0.2) is 0 Å². The van der Waals surface area contributed by atoms with Crippen LogP contribution in [0, 0.1) is 25.7 Å². The second-order valence-electron chi connectivity index (χ2n) is 7.42. The molecule has 0 saturated heterocycles. The number of rotatable bonds is 6. The molecule has 0 aliphatic heterocycles. The van der Waals surface area contributed by atoms with Crippen LogP contribution in [0.5, 0.6) is 0 Å². The maximum absolute atomic E-state index is 12.6. The number of hydrogen-bond donors (Lipinski definition) is 1. The van der Waals surface area contributed by atoms with Crippen LogP contribution in [0.2, 0.25) is 0 Å². The molecule has 1 aromatic rings. The lowest BCUT2D eigenvalue weighted by Gasteiger charge is -2.30. The standard InChI is InChI=1S/C21H32N2O2/c1-5-6-14-23(4)21(25)18-12-10-17(11-13-18)20(24)22-19-15(2)8-7-9-16(19)3/h7-9,17-18H,5-6,10-14H2,1-4H3,(H,22,24). The first kappa shape index (κ1) is 19.5. The minimum Gasteiger partial charge on any atom is -0.346 e. The number of anilines is 1. The molecule has 0 unspecified atom stereocenters. The Balaban J connectivity index is 1.87. The third-order valence-corrected chi connectivity index (χ3v) is 5.40. The molecule has 1 fully saturated rings. The van der Waals surface area contributed by atoms with Crippen LogP contribution in [-0.4, -0.2) is 30.3 Å². The minimum atomic E-state index is 0.0176. The van der Waals surface area contributed by atoms with Gasteiger partial charge in [-0.15, -0.1) is 0 Å². The van der Waals surface area contributed by atoms with Gasteiger partial charge in [0, 0.05) is 31.1 Å². The van der Waals surface area contributed by atoms with Crippen LogP contribution in [0.4, 0.5) is 5.69 Å². The fraction of sp³-hybridized carbons (Fsp3) is 0.619. The summed E-state index contributed by atoms with van der Waals surface area (Å²) in [5.74, 6) is 0.458. The molecule has 4 nitrogen and oxygen atoms in total. The van der Waals surface area contributed by atoms with E-state index in [9.17, 15) is 9.59 Å². The summed E-state index contributed by atoms with van der Waals surface area (Å²) >= 11 is 0. The third kappa shape index (κ3) is 5.07. The van der Waals surface area contributed by atoms with E-state index in [1.54, 1.807) is 0 Å². The highest BCUT2D eigenvalue weighted by atomic mass is 16.2. The van der Waals surface area contributed by atoms with E-state index in [0.717, 1.165) is 61.9 Å². The van der Waals surface area contributed by atoms with E-state index < -0.39 is 0 Å². The van der Waals surface area contributed by atoms with E-state index in [0.29, 0.717) is 0 Å². The van der Waals surface area contributed by atoms with Gasteiger partial charge in [0.15, 0.2) is 0 Å². The molecule has 1 aliphatic rings. The van der Waals surface area contributed by atoms with Crippen LogP contribution in [0.15, 0.2) is 18.2 Å². The summed E-state index contributed by atoms with van der Waals surface area (Å²) in [4.78, 5) is 27.0. The van der Waals surface area contributed by atoms with E-state index in [-0.39, 0.29) is 23.7 Å². The summed E-state index contributed by atoms with van der Waals surface area (Å²) in [5, 5.41) is 3.11. The average Bonchev–Trinajstić information content (AvgIpc) is 2.62. The van der Waals surface area contributed by atoms with Gasteiger partial charge in [0.25, 0.3) is 0 Å². The maximum Gasteiger partial charge on any atom is 0.227 e. The predicted octanol–water partition coefficient (Wildman–Crippen LogP) is 4.31. The molecular weight excluding hydrogens is 312 g/mol. The molecule has 2 amide bonds. The van der Waals surface area contributed by atoms with Crippen molar-refractivity contribution in [2.24, 2.45) is 11.8 Å². The van der Waals surface area contributed by atoms with Crippen LogP contribution < -0.4 is 5.32 Å². The molecule has 0 radical (unpaired) electrons. The second kappa shape index (κ2) is 9.02. The van der Waals surface area contributed by atoms with E-state index in [1.807, 2.05) is 44.0 Å². The summed E-state index contributed by atoms with van der Waals surface area (Å²) in [6.45, 7) is 7.01. The van der Waals surface area contributed by atoms with Crippen molar-refractivity contribution >= 4 is 17.5 Å². The number of carbonyl (C=O) groups is 2. The van der Waals surface area contributed by atoms with Gasteiger partial charge in [0.2, 0.25) is 11.8 Å². The zero-order valence-electron chi connectivity index (χ0n) is 16.1. The number of hydrogen-bond acceptors (Lipinski definition) is 2.